The van der Waals surface area contributed by atoms with Crippen LogP contribution in [0.25, 0.3) is 0 Å². The van der Waals surface area contributed by atoms with Gasteiger partial charge in [-0.1, -0.05) is 19.1 Å². The van der Waals surface area contributed by atoms with E-state index in [9.17, 15) is 4.79 Å². The molecule has 1 amide bonds. The molecule has 1 aliphatic heterocycles. The molecule has 0 aromatic rings. The Morgan fingerprint density at radius 2 is 2.05 bits per heavy atom. The van der Waals surface area contributed by atoms with E-state index in [-0.39, 0.29) is 5.92 Å². The summed E-state index contributed by atoms with van der Waals surface area (Å²) >= 11 is 0. The Kier molecular flexibility index (Phi) is 6.08. The summed E-state index contributed by atoms with van der Waals surface area (Å²) in [7, 11) is 0. The van der Waals surface area contributed by atoms with E-state index >= 15 is 0 Å². The number of nitrogens with one attached hydrogen (secondary N) is 2. The third kappa shape index (κ3) is 4.62. The lowest BCUT2D eigenvalue weighted by Crippen LogP contribution is -3.13. The minimum atomic E-state index is 0.263. The fourth-order valence-corrected chi connectivity index (χ4v) is 3.41. The summed E-state index contributed by atoms with van der Waals surface area (Å²) < 4.78 is 0. The molecule has 0 aromatic carbocycles. The van der Waals surface area contributed by atoms with Gasteiger partial charge < -0.3 is 10.2 Å². The highest BCUT2D eigenvalue weighted by atomic mass is 16.1. The number of quaternary nitrogens is 1. The molecule has 0 aromatic heterocycles. The van der Waals surface area contributed by atoms with E-state index in [0.29, 0.717) is 11.9 Å². The smallest absolute Gasteiger partial charge is 0.223 e. The van der Waals surface area contributed by atoms with Gasteiger partial charge in [-0.25, -0.2) is 0 Å². The molecule has 3 heteroatoms. The number of rotatable bonds is 5. The first-order chi connectivity index (χ1) is 9.69. The van der Waals surface area contributed by atoms with E-state index < -0.39 is 0 Å². The van der Waals surface area contributed by atoms with Gasteiger partial charge >= 0.3 is 0 Å². The summed E-state index contributed by atoms with van der Waals surface area (Å²) in [4.78, 5) is 13.9. The van der Waals surface area contributed by atoms with E-state index in [1.807, 2.05) is 0 Å². The highest BCUT2D eigenvalue weighted by Gasteiger charge is 2.29. The van der Waals surface area contributed by atoms with Gasteiger partial charge in [-0.05, 0) is 32.6 Å². The van der Waals surface area contributed by atoms with Gasteiger partial charge in [0.25, 0.3) is 0 Å². The molecule has 1 saturated heterocycles. The fourth-order valence-electron chi connectivity index (χ4n) is 3.41. The average molecular weight is 279 g/mol. The van der Waals surface area contributed by atoms with E-state index in [1.54, 1.807) is 4.90 Å². The van der Waals surface area contributed by atoms with Gasteiger partial charge in [-0.2, -0.15) is 0 Å². The van der Waals surface area contributed by atoms with Crippen molar-refractivity contribution in [3.05, 3.63) is 12.2 Å². The number of carbonyl (C=O) groups is 1. The van der Waals surface area contributed by atoms with E-state index in [4.69, 9.17) is 0 Å². The Morgan fingerprint density at radius 1 is 1.30 bits per heavy atom. The summed E-state index contributed by atoms with van der Waals surface area (Å²) in [6, 6.07) is 0.321. The van der Waals surface area contributed by atoms with Crippen molar-refractivity contribution in [1.82, 2.24) is 5.32 Å². The Hall–Kier alpha value is -0.830. The first-order valence-corrected chi connectivity index (χ1v) is 8.48. The second-order valence-electron chi connectivity index (χ2n) is 6.70. The van der Waals surface area contributed by atoms with Crippen molar-refractivity contribution in [2.24, 2.45) is 11.8 Å². The SMILES string of the molecule is CC[C@H](C)NC(=O)C1CC[NH+](C[C@@H]2CC=CCC2)CC1. The van der Waals surface area contributed by atoms with Crippen molar-refractivity contribution in [2.45, 2.75) is 58.4 Å². The number of carbonyl (C=O) groups excluding carboxylic acids is 1. The molecule has 1 heterocycles. The van der Waals surface area contributed by atoms with Crippen LogP contribution in [-0.4, -0.2) is 31.6 Å². The molecule has 3 nitrogen and oxygen atoms in total. The van der Waals surface area contributed by atoms with Crippen LogP contribution in [0.2, 0.25) is 0 Å². The van der Waals surface area contributed by atoms with Crippen LogP contribution in [0.4, 0.5) is 0 Å². The topological polar surface area (TPSA) is 33.5 Å². The van der Waals surface area contributed by atoms with Crippen LogP contribution < -0.4 is 10.2 Å². The van der Waals surface area contributed by atoms with E-state index in [2.05, 4.69) is 31.3 Å². The van der Waals surface area contributed by atoms with Crippen molar-refractivity contribution in [3.8, 4) is 0 Å². The molecule has 0 spiro atoms. The largest absolute Gasteiger partial charge is 0.353 e. The number of amides is 1. The maximum absolute atomic E-state index is 12.1. The van der Waals surface area contributed by atoms with Gasteiger partial charge in [0.2, 0.25) is 5.91 Å². The van der Waals surface area contributed by atoms with Crippen LogP contribution in [0.1, 0.15) is 52.4 Å². The van der Waals surface area contributed by atoms with E-state index in [1.165, 1.54) is 38.9 Å². The minimum Gasteiger partial charge on any atom is -0.353 e. The fraction of sp³-hybridized carbons (Fsp3) is 0.824. The number of hydrogen-bond acceptors (Lipinski definition) is 1. The lowest BCUT2D eigenvalue weighted by molar-refractivity contribution is -0.909. The zero-order valence-corrected chi connectivity index (χ0v) is 13.2. The predicted molar refractivity (Wildman–Crippen MR) is 82.7 cm³/mol. The second-order valence-corrected chi connectivity index (χ2v) is 6.70. The van der Waals surface area contributed by atoms with Gasteiger partial charge in [-0.3, -0.25) is 4.79 Å². The molecule has 1 fully saturated rings. The van der Waals surface area contributed by atoms with Crippen molar-refractivity contribution < 1.29 is 9.69 Å². The molecule has 2 N–H and O–H groups in total. The Balaban J connectivity index is 1.69. The molecular weight excluding hydrogens is 248 g/mol. The zero-order valence-electron chi connectivity index (χ0n) is 13.2. The van der Waals surface area contributed by atoms with Crippen LogP contribution in [0.5, 0.6) is 0 Å². The third-order valence-corrected chi connectivity index (χ3v) is 5.02. The normalized spacial score (nSPS) is 31.8. The summed E-state index contributed by atoms with van der Waals surface area (Å²) in [5, 5.41) is 3.14. The van der Waals surface area contributed by atoms with Gasteiger partial charge in [0.15, 0.2) is 0 Å². The minimum absolute atomic E-state index is 0.263. The lowest BCUT2D eigenvalue weighted by Gasteiger charge is -2.32. The highest BCUT2D eigenvalue weighted by Crippen LogP contribution is 2.17. The van der Waals surface area contributed by atoms with Gasteiger partial charge in [0, 0.05) is 30.7 Å². The van der Waals surface area contributed by atoms with Crippen LogP contribution in [0, 0.1) is 11.8 Å². The van der Waals surface area contributed by atoms with Gasteiger partial charge in [0.1, 0.15) is 0 Å². The maximum Gasteiger partial charge on any atom is 0.223 e. The van der Waals surface area contributed by atoms with E-state index in [0.717, 1.165) is 25.2 Å². The molecule has 0 radical (unpaired) electrons. The quantitative estimate of drug-likeness (QED) is 0.736. The highest BCUT2D eigenvalue weighted by molar-refractivity contribution is 5.78. The Bertz CT molecular complexity index is 332. The van der Waals surface area contributed by atoms with Gasteiger partial charge in [-0.15, -0.1) is 0 Å². The predicted octanol–water partition coefficient (Wildman–Crippen LogP) is 1.55. The number of allylic oxidation sites excluding steroid dienone is 2. The van der Waals surface area contributed by atoms with Crippen molar-refractivity contribution in [1.29, 1.82) is 0 Å². The molecule has 0 unspecified atom stereocenters. The standard InChI is InChI=1S/C17H30N2O/c1-3-14(2)18-17(20)16-9-11-19(12-10-16)13-15-7-5-4-6-8-15/h4-5,14-16H,3,6-13H2,1-2H3,(H,18,20)/p+1/t14-,15+/m0/s1. The van der Waals surface area contributed by atoms with Crippen LogP contribution in [0.3, 0.4) is 0 Å². The molecular formula is C17H31N2O+. The first-order valence-electron chi connectivity index (χ1n) is 8.48. The molecule has 114 valence electrons. The average Bonchev–Trinajstić information content (AvgIpc) is 2.49. The molecule has 1 aliphatic carbocycles. The van der Waals surface area contributed by atoms with Crippen molar-refractivity contribution in [3.63, 3.8) is 0 Å². The van der Waals surface area contributed by atoms with Crippen LogP contribution in [0.15, 0.2) is 12.2 Å². The number of piperidine rings is 1. The molecule has 20 heavy (non-hydrogen) atoms. The van der Waals surface area contributed by atoms with Crippen molar-refractivity contribution in [2.75, 3.05) is 19.6 Å². The molecule has 0 bridgehead atoms. The van der Waals surface area contributed by atoms with Crippen LogP contribution >= 0.6 is 0 Å². The Labute approximate surface area is 123 Å². The molecule has 2 rings (SSSR count). The van der Waals surface area contributed by atoms with Gasteiger partial charge in [0.05, 0.1) is 19.6 Å². The summed E-state index contributed by atoms with van der Waals surface area (Å²) in [5.41, 5.74) is 0. The Morgan fingerprint density at radius 3 is 2.65 bits per heavy atom. The third-order valence-electron chi connectivity index (χ3n) is 5.02. The molecule has 2 aliphatic rings. The maximum atomic E-state index is 12.1. The zero-order chi connectivity index (χ0) is 14.4. The number of hydrogen-bond donors (Lipinski definition) is 2. The molecule has 0 saturated carbocycles. The first kappa shape index (κ1) is 15.6. The number of likely N-dealkylation sites (tertiary alicyclic amines) is 1. The van der Waals surface area contributed by atoms with Crippen LogP contribution in [-0.2, 0) is 4.79 Å². The summed E-state index contributed by atoms with van der Waals surface area (Å²) in [5.74, 6) is 1.43. The lowest BCUT2D eigenvalue weighted by atomic mass is 9.91. The summed E-state index contributed by atoms with van der Waals surface area (Å²) in [6.07, 6.45) is 11.7. The summed E-state index contributed by atoms with van der Waals surface area (Å²) in [6.45, 7) is 7.88. The van der Waals surface area contributed by atoms with Crippen molar-refractivity contribution >= 4 is 5.91 Å². The second kappa shape index (κ2) is 7.82. The monoisotopic (exact) mass is 279 g/mol. The molecule has 2 atom stereocenters.